The number of benzene rings is 1. The maximum Gasteiger partial charge on any atom is 0.174 e. The van der Waals surface area contributed by atoms with Crippen molar-refractivity contribution < 1.29 is 0 Å². The Balaban J connectivity index is 2.79. The highest BCUT2D eigenvalue weighted by atomic mass is 32.1. The minimum absolute atomic E-state index is 0.652. The minimum Gasteiger partial charge on any atom is -0.355 e. The minimum atomic E-state index is 0.652. The smallest absolute Gasteiger partial charge is 0.174 e. The van der Waals surface area contributed by atoms with Crippen LogP contribution in [0.15, 0.2) is 35.3 Å². The molecule has 0 spiro atoms. The average Bonchev–Trinajstić information content (AvgIpc) is 2.26. The van der Waals surface area contributed by atoms with E-state index < -0.39 is 0 Å². The fourth-order valence-corrected chi connectivity index (χ4v) is 1.16. The molecule has 0 aliphatic carbocycles. The van der Waals surface area contributed by atoms with Gasteiger partial charge in [0.05, 0.1) is 0 Å². The predicted molar refractivity (Wildman–Crippen MR) is 68.3 cm³/mol. The molecule has 4 heteroatoms. The molecular weight excluding hydrogens is 206 g/mol. The van der Waals surface area contributed by atoms with Crippen molar-refractivity contribution in [3.63, 3.8) is 0 Å². The van der Waals surface area contributed by atoms with E-state index in [2.05, 4.69) is 10.3 Å². The van der Waals surface area contributed by atoms with E-state index in [1.54, 1.807) is 7.05 Å². The molecule has 0 aliphatic heterocycles. The third-order valence-electron chi connectivity index (χ3n) is 1.90. The van der Waals surface area contributed by atoms with Crippen LogP contribution in [-0.4, -0.2) is 37.0 Å². The van der Waals surface area contributed by atoms with E-state index >= 15 is 0 Å². The molecule has 1 aromatic rings. The normalized spacial score (nSPS) is 11.0. The van der Waals surface area contributed by atoms with Gasteiger partial charge in [0.1, 0.15) is 5.84 Å². The van der Waals surface area contributed by atoms with Crippen molar-refractivity contribution in [3.8, 4) is 0 Å². The van der Waals surface area contributed by atoms with Gasteiger partial charge < -0.3 is 10.2 Å². The second kappa shape index (κ2) is 5.46. The summed E-state index contributed by atoms with van der Waals surface area (Å²) in [6, 6.07) is 9.91. The fraction of sp³-hybridized carbons (Fsp3) is 0.273. The van der Waals surface area contributed by atoms with Crippen molar-refractivity contribution in [2.45, 2.75) is 0 Å². The lowest BCUT2D eigenvalue weighted by molar-refractivity contribution is 0.619. The number of nitrogens with zero attached hydrogens (tertiary/aromatic N) is 2. The number of amidine groups is 1. The number of aliphatic imine (C=N–C) groups is 1. The molecule has 80 valence electrons. The summed E-state index contributed by atoms with van der Waals surface area (Å²) in [5.74, 6) is 0.786. The maximum absolute atomic E-state index is 5.15. The lowest BCUT2D eigenvalue weighted by atomic mass is 10.2. The van der Waals surface area contributed by atoms with Crippen molar-refractivity contribution in [1.82, 2.24) is 10.2 Å². The maximum atomic E-state index is 5.15. The fourth-order valence-electron chi connectivity index (χ4n) is 1.07. The monoisotopic (exact) mass is 221 g/mol. The van der Waals surface area contributed by atoms with Gasteiger partial charge in [0.25, 0.3) is 0 Å². The molecule has 0 unspecified atom stereocenters. The van der Waals surface area contributed by atoms with E-state index in [0.717, 1.165) is 11.4 Å². The van der Waals surface area contributed by atoms with Crippen LogP contribution in [0.4, 0.5) is 0 Å². The quantitative estimate of drug-likeness (QED) is 0.442. The molecule has 1 aromatic carbocycles. The number of hydrogen-bond donors (Lipinski definition) is 1. The van der Waals surface area contributed by atoms with Crippen molar-refractivity contribution >= 4 is 23.2 Å². The molecule has 0 amide bonds. The molecule has 0 atom stereocenters. The molecule has 0 bridgehead atoms. The summed E-state index contributed by atoms with van der Waals surface area (Å²) in [4.78, 5) is 6.01. The molecule has 1 rings (SSSR count). The van der Waals surface area contributed by atoms with Crippen LogP contribution in [0, 0.1) is 0 Å². The van der Waals surface area contributed by atoms with Gasteiger partial charge in [-0.3, -0.25) is 4.99 Å². The first-order chi connectivity index (χ1) is 7.15. The Bertz CT molecular complexity index is 357. The Labute approximate surface area is 95.8 Å². The van der Waals surface area contributed by atoms with Crippen LogP contribution in [0.3, 0.4) is 0 Å². The summed E-state index contributed by atoms with van der Waals surface area (Å²) in [5.41, 5.74) is 1.03. The SMILES string of the molecule is C/N=C(/NC(=S)N(C)C)c1ccccc1. The summed E-state index contributed by atoms with van der Waals surface area (Å²) < 4.78 is 0. The van der Waals surface area contributed by atoms with Gasteiger partial charge in [0.15, 0.2) is 5.11 Å². The molecule has 3 nitrogen and oxygen atoms in total. The molecule has 0 aromatic heterocycles. The average molecular weight is 221 g/mol. The van der Waals surface area contributed by atoms with Gasteiger partial charge in [0, 0.05) is 26.7 Å². The zero-order valence-corrected chi connectivity index (χ0v) is 10.0. The van der Waals surface area contributed by atoms with Gasteiger partial charge >= 0.3 is 0 Å². The standard InChI is InChI=1S/C11H15N3S/c1-12-10(13-11(15)14(2)3)9-7-5-4-6-8-9/h4-8H,1-3H3,(H,12,13,15). The van der Waals surface area contributed by atoms with Gasteiger partial charge in [-0.1, -0.05) is 30.3 Å². The third kappa shape index (κ3) is 3.32. The van der Waals surface area contributed by atoms with Crippen LogP contribution < -0.4 is 5.32 Å². The van der Waals surface area contributed by atoms with Crippen LogP contribution >= 0.6 is 12.2 Å². The second-order valence-electron chi connectivity index (χ2n) is 3.26. The highest BCUT2D eigenvalue weighted by molar-refractivity contribution is 7.80. The molecule has 0 saturated carbocycles. The summed E-state index contributed by atoms with van der Waals surface area (Å²) in [7, 11) is 5.54. The molecule has 0 aliphatic rings. The largest absolute Gasteiger partial charge is 0.355 e. The predicted octanol–water partition coefficient (Wildman–Crippen LogP) is 1.50. The lowest BCUT2D eigenvalue weighted by Gasteiger charge is -2.16. The van der Waals surface area contributed by atoms with E-state index in [1.807, 2.05) is 49.3 Å². The van der Waals surface area contributed by atoms with Crippen LogP contribution in [0.5, 0.6) is 0 Å². The number of thiocarbonyl (C=S) groups is 1. The zero-order chi connectivity index (χ0) is 11.3. The first kappa shape index (κ1) is 11.7. The second-order valence-corrected chi connectivity index (χ2v) is 3.65. The van der Waals surface area contributed by atoms with Gasteiger partial charge in [0.2, 0.25) is 0 Å². The van der Waals surface area contributed by atoms with E-state index in [0.29, 0.717) is 5.11 Å². The number of rotatable bonds is 1. The Morgan fingerprint density at radius 1 is 1.27 bits per heavy atom. The van der Waals surface area contributed by atoms with Crippen LogP contribution in [-0.2, 0) is 0 Å². The summed E-state index contributed by atoms with van der Waals surface area (Å²) in [5, 5.41) is 3.74. The first-order valence-electron chi connectivity index (χ1n) is 4.65. The Morgan fingerprint density at radius 2 is 1.87 bits per heavy atom. The van der Waals surface area contributed by atoms with Crippen molar-refractivity contribution in [3.05, 3.63) is 35.9 Å². The van der Waals surface area contributed by atoms with Crippen molar-refractivity contribution in [2.75, 3.05) is 21.1 Å². The number of hydrogen-bond acceptors (Lipinski definition) is 2. The van der Waals surface area contributed by atoms with Crippen LogP contribution in [0.25, 0.3) is 0 Å². The zero-order valence-electron chi connectivity index (χ0n) is 9.19. The van der Waals surface area contributed by atoms with E-state index in [1.165, 1.54) is 0 Å². The van der Waals surface area contributed by atoms with Crippen LogP contribution in [0.2, 0.25) is 0 Å². The summed E-state index contributed by atoms with van der Waals surface area (Å²) in [6.45, 7) is 0. The van der Waals surface area contributed by atoms with Crippen LogP contribution in [0.1, 0.15) is 5.56 Å². The van der Waals surface area contributed by atoms with E-state index in [-0.39, 0.29) is 0 Å². The summed E-state index contributed by atoms with van der Waals surface area (Å²) >= 11 is 5.15. The highest BCUT2D eigenvalue weighted by Gasteiger charge is 2.05. The molecule has 0 fully saturated rings. The Kier molecular flexibility index (Phi) is 4.24. The van der Waals surface area contributed by atoms with Gasteiger partial charge in [-0.2, -0.15) is 0 Å². The number of nitrogens with one attached hydrogen (secondary N) is 1. The Morgan fingerprint density at radius 3 is 2.33 bits per heavy atom. The first-order valence-corrected chi connectivity index (χ1v) is 5.06. The van der Waals surface area contributed by atoms with Gasteiger partial charge in [-0.15, -0.1) is 0 Å². The third-order valence-corrected chi connectivity index (χ3v) is 2.37. The molecular formula is C11H15N3S. The van der Waals surface area contributed by atoms with Gasteiger partial charge in [-0.05, 0) is 12.2 Å². The lowest BCUT2D eigenvalue weighted by Crippen LogP contribution is -2.38. The highest BCUT2D eigenvalue weighted by Crippen LogP contribution is 1.99. The molecule has 0 radical (unpaired) electrons. The molecule has 15 heavy (non-hydrogen) atoms. The molecule has 0 saturated heterocycles. The van der Waals surface area contributed by atoms with Crippen molar-refractivity contribution in [2.24, 2.45) is 4.99 Å². The topological polar surface area (TPSA) is 27.6 Å². The van der Waals surface area contributed by atoms with Crippen molar-refractivity contribution in [1.29, 1.82) is 0 Å². The molecule has 1 N–H and O–H groups in total. The summed E-state index contributed by atoms with van der Waals surface area (Å²) in [6.07, 6.45) is 0. The van der Waals surface area contributed by atoms with E-state index in [4.69, 9.17) is 12.2 Å². The Hall–Kier alpha value is -1.42. The van der Waals surface area contributed by atoms with E-state index in [9.17, 15) is 0 Å². The molecule has 0 heterocycles. The van der Waals surface area contributed by atoms with Gasteiger partial charge in [-0.25, -0.2) is 0 Å².